The summed E-state index contributed by atoms with van der Waals surface area (Å²) in [7, 11) is 0. The van der Waals surface area contributed by atoms with Gasteiger partial charge in [0, 0.05) is 5.02 Å². The Balaban J connectivity index is 2.12. The lowest BCUT2D eigenvalue weighted by Gasteiger charge is -2.20. The van der Waals surface area contributed by atoms with Crippen LogP contribution in [0.25, 0.3) is 0 Å². The van der Waals surface area contributed by atoms with E-state index in [-0.39, 0.29) is 17.6 Å². The average molecular weight is 329 g/mol. The number of phenolic OH excluding ortho intramolecular Hbond substituents is 1. The maximum absolute atomic E-state index is 12.8. The van der Waals surface area contributed by atoms with E-state index in [9.17, 15) is 9.90 Å². The number of aromatic hydroxyl groups is 1. The number of rotatable bonds is 3. The van der Waals surface area contributed by atoms with E-state index in [0.29, 0.717) is 22.1 Å². The molecule has 0 aromatic heterocycles. The largest absolute Gasteiger partial charge is 0.507 e. The second-order valence-corrected chi connectivity index (χ2v) is 6.25. The zero-order valence-electron chi connectivity index (χ0n) is 12.9. The van der Waals surface area contributed by atoms with Gasteiger partial charge in [-0.15, -0.1) is 0 Å². The SMILES string of the molecule is CC(C)C1N=C(c2ccccc2O)N(c2ccc(Cl)cc2)C1=O. The molecule has 5 heteroatoms. The monoisotopic (exact) mass is 328 g/mol. The number of phenols is 1. The fourth-order valence-electron chi connectivity index (χ4n) is 2.61. The van der Waals surface area contributed by atoms with Crippen LogP contribution in [0.3, 0.4) is 0 Å². The normalized spacial score (nSPS) is 17.7. The van der Waals surface area contributed by atoms with Gasteiger partial charge >= 0.3 is 0 Å². The number of anilines is 1. The summed E-state index contributed by atoms with van der Waals surface area (Å²) in [5, 5.41) is 10.7. The number of para-hydroxylation sites is 1. The van der Waals surface area contributed by atoms with E-state index >= 15 is 0 Å². The lowest BCUT2D eigenvalue weighted by atomic mass is 10.0. The minimum Gasteiger partial charge on any atom is -0.507 e. The first-order valence-corrected chi connectivity index (χ1v) is 7.82. The fraction of sp³-hybridized carbons (Fsp3) is 0.222. The standard InChI is InChI=1S/C18H17ClN2O2/c1-11(2)16-18(23)21(13-9-7-12(19)8-10-13)17(20-16)14-5-3-4-6-15(14)22/h3-11,16,22H,1-2H3. The van der Waals surface area contributed by atoms with Crippen LogP contribution in [-0.2, 0) is 4.79 Å². The predicted molar refractivity (Wildman–Crippen MR) is 92.2 cm³/mol. The van der Waals surface area contributed by atoms with Crippen molar-refractivity contribution >= 4 is 29.0 Å². The number of halogens is 1. The van der Waals surface area contributed by atoms with Gasteiger partial charge in [0.15, 0.2) is 0 Å². The third-order valence-corrected chi connectivity index (χ3v) is 4.06. The van der Waals surface area contributed by atoms with Crippen molar-refractivity contribution in [3.63, 3.8) is 0 Å². The summed E-state index contributed by atoms with van der Waals surface area (Å²) >= 11 is 5.94. The molecule has 118 valence electrons. The Labute approximate surface area is 140 Å². The Bertz CT molecular complexity index is 769. The molecule has 0 fully saturated rings. The lowest BCUT2D eigenvalue weighted by molar-refractivity contribution is -0.118. The van der Waals surface area contributed by atoms with E-state index in [4.69, 9.17) is 11.6 Å². The summed E-state index contributed by atoms with van der Waals surface area (Å²) in [6, 6.07) is 13.5. The molecular weight excluding hydrogens is 312 g/mol. The quantitative estimate of drug-likeness (QED) is 0.930. The minimum absolute atomic E-state index is 0.0701. The summed E-state index contributed by atoms with van der Waals surface area (Å²) in [6.07, 6.45) is 0. The first-order chi connectivity index (χ1) is 11.0. The topological polar surface area (TPSA) is 52.9 Å². The van der Waals surface area contributed by atoms with Gasteiger partial charge in [0.2, 0.25) is 0 Å². The van der Waals surface area contributed by atoms with E-state index in [1.54, 1.807) is 47.4 Å². The van der Waals surface area contributed by atoms with E-state index in [0.717, 1.165) is 0 Å². The van der Waals surface area contributed by atoms with Crippen molar-refractivity contribution in [2.45, 2.75) is 19.9 Å². The molecule has 23 heavy (non-hydrogen) atoms. The highest BCUT2D eigenvalue weighted by atomic mass is 35.5. The number of carbonyl (C=O) groups excluding carboxylic acids is 1. The van der Waals surface area contributed by atoms with Crippen LogP contribution >= 0.6 is 11.6 Å². The summed E-state index contributed by atoms with van der Waals surface area (Å²) in [5.74, 6) is 0.540. The first kappa shape index (κ1) is 15.6. The van der Waals surface area contributed by atoms with E-state index in [1.807, 2.05) is 19.9 Å². The lowest BCUT2D eigenvalue weighted by Crippen LogP contribution is -2.37. The molecule has 2 aromatic carbocycles. The number of aliphatic imine (C=N–C) groups is 1. The van der Waals surface area contributed by atoms with Crippen molar-refractivity contribution in [2.24, 2.45) is 10.9 Å². The Morgan fingerprint density at radius 1 is 1.13 bits per heavy atom. The van der Waals surface area contributed by atoms with Crippen LogP contribution in [0.5, 0.6) is 5.75 Å². The number of benzene rings is 2. The Hall–Kier alpha value is -2.33. The molecule has 0 saturated heterocycles. The van der Waals surface area contributed by atoms with Gasteiger partial charge in [-0.3, -0.25) is 14.7 Å². The molecule has 0 saturated carbocycles. The number of hydrogen-bond acceptors (Lipinski definition) is 3. The minimum atomic E-state index is -0.458. The van der Waals surface area contributed by atoms with Crippen LogP contribution < -0.4 is 4.90 Å². The molecule has 1 aliphatic rings. The zero-order valence-corrected chi connectivity index (χ0v) is 13.7. The maximum Gasteiger partial charge on any atom is 0.257 e. The van der Waals surface area contributed by atoms with Gasteiger partial charge in [0.1, 0.15) is 17.6 Å². The van der Waals surface area contributed by atoms with Gasteiger partial charge in [-0.1, -0.05) is 37.6 Å². The second kappa shape index (κ2) is 6.05. The summed E-state index contributed by atoms with van der Waals surface area (Å²) in [4.78, 5) is 19.0. The third kappa shape index (κ3) is 2.82. The van der Waals surface area contributed by atoms with Gasteiger partial charge in [0.05, 0.1) is 11.3 Å². The number of amides is 1. The predicted octanol–water partition coefficient (Wildman–Crippen LogP) is 3.86. The number of carbonyl (C=O) groups is 1. The molecule has 0 bridgehead atoms. The molecule has 1 unspecified atom stereocenters. The molecule has 0 radical (unpaired) electrons. The summed E-state index contributed by atoms with van der Waals surface area (Å²) in [6.45, 7) is 3.92. The van der Waals surface area contributed by atoms with Crippen molar-refractivity contribution < 1.29 is 9.90 Å². The Morgan fingerprint density at radius 2 is 1.78 bits per heavy atom. The molecule has 2 aromatic rings. The molecule has 1 N–H and O–H groups in total. The van der Waals surface area contributed by atoms with Crippen LogP contribution in [-0.4, -0.2) is 22.9 Å². The van der Waals surface area contributed by atoms with Crippen LogP contribution in [0.15, 0.2) is 53.5 Å². The number of amidine groups is 1. The summed E-state index contributed by atoms with van der Waals surface area (Å²) < 4.78 is 0. The molecule has 1 atom stereocenters. The first-order valence-electron chi connectivity index (χ1n) is 7.44. The highest BCUT2D eigenvalue weighted by molar-refractivity contribution is 6.31. The average Bonchev–Trinajstić information content (AvgIpc) is 2.86. The van der Waals surface area contributed by atoms with Crippen LogP contribution in [0.1, 0.15) is 19.4 Å². The van der Waals surface area contributed by atoms with Crippen molar-refractivity contribution in [2.75, 3.05) is 4.90 Å². The van der Waals surface area contributed by atoms with E-state index < -0.39 is 6.04 Å². The van der Waals surface area contributed by atoms with Crippen LogP contribution in [0.2, 0.25) is 5.02 Å². The highest BCUT2D eigenvalue weighted by Crippen LogP contribution is 2.31. The second-order valence-electron chi connectivity index (χ2n) is 5.81. The van der Waals surface area contributed by atoms with Gasteiger partial charge in [-0.25, -0.2) is 0 Å². The fourth-order valence-corrected chi connectivity index (χ4v) is 2.73. The maximum atomic E-state index is 12.8. The highest BCUT2D eigenvalue weighted by Gasteiger charge is 2.38. The zero-order chi connectivity index (χ0) is 16.6. The number of nitrogens with zero attached hydrogens (tertiary/aromatic N) is 2. The van der Waals surface area contributed by atoms with Crippen molar-refractivity contribution in [1.82, 2.24) is 0 Å². The Morgan fingerprint density at radius 3 is 2.39 bits per heavy atom. The van der Waals surface area contributed by atoms with Gasteiger partial charge in [-0.2, -0.15) is 0 Å². The van der Waals surface area contributed by atoms with Gasteiger partial charge in [0.25, 0.3) is 5.91 Å². The van der Waals surface area contributed by atoms with Crippen LogP contribution in [0, 0.1) is 5.92 Å². The molecule has 3 rings (SSSR count). The van der Waals surface area contributed by atoms with Gasteiger partial charge < -0.3 is 5.11 Å². The van der Waals surface area contributed by atoms with Gasteiger partial charge in [-0.05, 0) is 42.3 Å². The van der Waals surface area contributed by atoms with E-state index in [1.165, 1.54) is 0 Å². The molecule has 1 aliphatic heterocycles. The Kier molecular flexibility index (Phi) is 4.09. The van der Waals surface area contributed by atoms with Crippen molar-refractivity contribution in [1.29, 1.82) is 0 Å². The van der Waals surface area contributed by atoms with E-state index in [2.05, 4.69) is 4.99 Å². The van der Waals surface area contributed by atoms with Crippen molar-refractivity contribution in [3.8, 4) is 5.75 Å². The smallest absolute Gasteiger partial charge is 0.257 e. The van der Waals surface area contributed by atoms with Crippen LogP contribution in [0.4, 0.5) is 5.69 Å². The molecule has 1 amide bonds. The summed E-state index contributed by atoms with van der Waals surface area (Å²) in [5.41, 5.74) is 1.23. The molecule has 0 spiro atoms. The van der Waals surface area contributed by atoms with Crippen molar-refractivity contribution in [3.05, 3.63) is 59.1 Å². The molecule has 1 heterocycles. The molecular formula is C18H17ClN2O2. The third-order valence-electron chi connectivity index (χ3n) is 3.81. The number of hydrogen-bond donors (Lipinski definition) is 1. The molecule has 0 aliphatic carbocycles. The molecule has 4 nitrogen and oxygen atoms in total.